The zero-order valence-corrected chi connectivity index (χ0v) is 8.76. The van der Waals surface area contributed by atoms with E-state index in [1.165, 1.54) is 5.54 Å². The lowest BCUT2D eigenvalue weighted by molar-refractivity contribution is 0.623. The Morgan fingerprint density at radius 3 is 1.91 bits per heavy atom. The third kappa shape index (κ3) is 1.85. The van der Waals surface area contributed by atoms with Gasteiger partial charge in [0.2, 0.25) is 0 Å². The van der Waals surface area contributed by atoms with Gasteiger partial charge in [0.05, 0.1) is 0 Å². The molecule has 1 aliphatic carbocycles. The number of hydrogen-bond donors (Lipinski definition) is 0. The van der Waals surface area contributed by atoms with Crippen LogP contribution < -0.4 is 0 Å². The highest BCUT2D eigenvalue weighted by Gasteiger charge is 2.36. The van der Waals surface area contributed by atoms with Crippen LogP contribution in [0, 0.1) is 31.2 Å². The summed E-state index contributed by atoms with van der Waals surface area (Å²) in [7, 11) is 3.06. The Morgan fingerprint density at radius 1 is 1.09 bits per heavy atom. The zero-order valence-electron chi connectivity index (χ0n) is 7.76. The van der Waals surface area contributed by atoms with Gasteiger partial charge in [0.25, 0.3) is 0 Å². The summed E-state index contributed by atoms with van der Waals surface area (Å²) in [6.07, 6.45) is 8.69. The van der Waals surface area contributed by atoms with Crippen molar-refractivity contribution < 1.29 is 0 Å². The minimum atomic E-state index is -1.27. The molecule has 0 N–H and O–H groups in total. The van der Waals surface area contributed by atoms with Gasteiger partial charge in [-0.2, -0.15) is 0 Å². The van der Waals surface area contributed by atoms with E-state index in [4.69, 9.17) is 0 Å². The molecule has 0 unspecified atom stereocenters. The molecule has 0 aromatic carbocycles. The Labute approximate surface area is 71.9 Å². The van der Waals surface area contributed by atoms with E-state index in [2.05, 4.69) is 57.4 Å². The summed E-state index contributed by atoms with van der Waals surface area (Å²) >= 11 is 0. The van der Waals surface area contributed by atoms with Gasteiger partial charge < -0.3 is 4.57 Å². The summed E-state index contributed by atoms with van der Waals surface area (Å²) in [5, 5.41) is 0. The molecule has 5 radical (unpaired) electrons. The maximum atomic E-state index is 2.36. The van der Waals surface area contributed by atoms with Crippen LogP contribution in [0.15, 0.2) is 0 Å². The van der Waals surface area contributed by atoms with E-state index in [9.17, 15) is 0 Å². The molecule has 1 aliphatic rings. The molecule has 1 fully saturated rings. The maximum absolute atomic E-state index is 2.36. The smallest absolute Gasteiger partial charge is 0.128 e. The quantitative estimate of drug-likeness (QED) is 0.564. The molecule has 2 heteroatoms. The van der Waals surface area contributed by atoms with E-state index < -0.39 is 8.24 Å². The summed E-state index contributed by atoms with van der Waals surface area (Å²) in [5.74, 6) is 0. The van der Waals surface area contributed by atoms with Crippen molar-refractivity contribution in [3.63, 3.8) is 0 Å². The molecule has 0 atom stereocenters. The van der Waals surface area contributed by atoms with Crippen LogP contribution in [0.5, 0.6) is 0 Å². The van der Waals surface area contributed by atoms with E-state index in [1.807, 2.05) is 0 Å². The summed E-state index contributed by atoms with van der Waals surface area (Å²) in [4.78, 5) is 0. The molecule has 0 heterocycles. The monoisotopic (exact) mass is 166 g/mol. The van der Waals surface area contributed by atoms with Gasteiger partial charge >= 0.3 is 0 Å². The Morgan fingerprint density at radius 2 is 1.55 bits per heavy atom. The van der Waals surface area contributed by atoms with Crippen molar-refractivity contribution in [3.8, 4) is 0 Å². The standard InChI is InChI=1S/C9H16NSi/c1-10(2)11(3,4)9-7-5-6-8-9/h5-8H,1-4H3. The molecule has 11 heavy (non-hydrogen) atoms. The van der Waals surface area contributed by atoms with Gasteiger partial charge in [-0.05, 0) is 45.3 Å². The molecular weight excluding hydrogens is 150 g/mol. The van der Waals surface area contributed by atoms with E-state index >= 15 is 0 Å². The third-order valence-electron chi connectivity index (χ3n) is 2.49. The van der Waals surface area contributed by atoms with Crippen molar-refractivity contribution in [3.05, 3.63) is 31.2 Å². The highest BCUT2D eigenvalue weighted by Crippen LogP contribution is 2.32. The first kappa shape index (κ1) is 9.27. The van der Waals surface area contributed by atoms with Gasteiger partial charge in [0.1, 0.15) is 8.24 Å². The molecule has 1 saturated carbocycles. The van der Waals surface area contributed by atoms with Crippen molar-refractivity contribution in [2.75, 3.05) is 14.1 Å². The van der Waals surface area contributed by atoms with Gasteiger partial charge in [-0.3, -0.25) is 0 Å². The molecule has 1 rings (SSSR count). The highest BCUT2D eigenvalue weighted by atomic mass is 28.3. The van der Waals surface area contributed by atoms with Gasteiger partial charge in [0, 0.05) is 0 Å². The number of hydrogen-bond acceptors (Lipinski definition) is 1. The maximum Gasteiger partial charge on any atom is 0.128 e. The lowest BCUT2D eigenvalue weighted by atomic mass is 10.4. The SMILES string of the molecule is CN(C)[Si](C)(C)[C]1[CH][CH][CH][CH]1. The predicted octanol–water partition coefficient (Wildman–Crippen LogP) is 1.70. The van der Waals surface area contributed by atoms with Crippen LogP contribution in [-0.2, 0) is 0 Å². The number of nitrogens with zero attached hydrogens (tertiary/aromatic N) is 1. The summed E-state index contributed by atoms with van der Waals surface area (Å²) in [5.41, 5.74) is 1.52. The molecule has 0 amide bonds. The van der Waals surface area contributed by atoms with Crippen LogP contribution in [0.1, 0.15) is 0 Å². The van der Waals surface area contributed by atoms with Gasteiger partial charge in [0.15, 0.2) is 0 Å². The summed E-state index contributed by atoms with van der Waals surface area (Å²) < 4.78 is 2.36. The molecule has 1 nitrogen and oxygen atoms in total. The predicted molar refractivity (Wildman–Crippen MR) is 51.6 cm³/mol. The van der Waals surface area contributed by atoms with Crippen LogP contribution in [0.25, 0.3) is 0 Å². The average Bonchev–Trinajstić information content (AvgIpc) is 2.37. The van der Waals surface area contributed by atoms with Crippen LogP contribution in [0.2, 0.25) is 13.1 Å². The fourth-order valence-corrected chi connectivity index (χ4v) is 2.56. The van der Waals surface area contributed by atoms with Crippen LogP contribution >= 0.6 is 0 Å². The Kier molecular flexibility index (Phi) is 2.76. The van der Waals surface area contributed by atoms with Gasteiger partial charge in [-0.1, -0.05) is 13.1 Å². The van der Waals surface area contributed by atoms with E-state index in [0.29, 0.717) is 0 Å². The van der Waals surface area contributed by atoms with Crippen molar-refractivity contribution in [1.82, 2.24) is 4.57 Å². The molecule has 0 aliphatic heterocycles. The summed E-state index contributed by atoms with van der Waals surface area (Å²) in [6, 6.07) is 0. The largest absolute Gasteiger partial charge is 0.329 e. The van der Waals surface area contributed by atoms with Crippen LogP contribution in [-0.4, -0.2) is 26.9 Å². The number of rotatable bonds is 2. The lowest BCUT2D eigenvalue weighted by Crippen LogP contribution is -2.48. The van der Waals surface area contributed by atoms with Crippen LogP contribution in [0.3, 0.4) is 0 Å². The molecule has 61 valence electrons. The van der Waals surface area contributed by atoms with Gasteiger partial charge in [-0.25, -0.2) is 0 Å². The van der Waals surface area contributed by atoms with Crippen LogP contribution in [0.4, 0.5) is 0 Å². The van der Waals surface area contributed by atoms with Crippen molar-refractivity contribution >= 4 is 8.24 Å². The second kappa shape index (κ2) is 3.28. The minimum Gasteiger partial charge on any atom is -0.329 e. The Hall–Kier alpha value is 0.177. The van der Waals surface area contributed by atoms with Gasteiger partial charge in [-0.15, -0.1) is 0 Å². The van der Waals surface area contributed by atoms with E-state index in [-0.39, 0.29) is 0 Å². The molecule has 0 aromatic heterocycles. The molecule has 0 aromatic rings. The van der Waals surface area contributed by atoms with E-state index in [0.717, 1.165) is 0 Å². The van der Waals surface area contributed by atoms with Crippen molar-refractivity contribution in [1.29, 1.82) is 0 Å². The first-order valence-corrected chi connectivity index (χ1v) is 6.89. The lowest BCUT2D eigenvalue weighted by Gasteiger charge is -2.35. The second-order valence-corrected chi connectivity index (χ2v) is 8.22. The van der Waals surface area contributed by atoms with Crippen molar-refractivity contribution in [2.24, 2.45) is 0 Å². The zero-order chi connectivity index (χ0) is 8.48. The Bertz CT molecular complexity index is 126. The minimum absolute atomic E-state index is 1.27. The molecule has 0 bridgehead atoms. The third-order valence-corrected chi connectivity index (χ3v) is 6.47. The fourth-order valence-electron chi connectivity index (χ4n) is 1.04. The fraction of sp³-hybridized carbons (Fsp3) is 0.444. The molecule has 0 saturated heterocycles. The Balaban J connectivity index is 2.55. The molecular formula is C9H16NSi. The van der Waals surface area contributed by atoms with Crippen molar-refractivity contribution in [2.45, 2.75) is 13.1 Å². The first-order valence-electron chi connectivity index (χ1n) is 3.95. The first-order chi connectivity index (χ1) is 5.05. The molecule has 0 spiro atoms. The highest BCUT2D eigenvalue weighted by molar-refractivity contribution is 6.81. The second-order valence-electron chi connectivity index (χ2n) is 3.63. The average molecular weight is 166 g/mol. The summed E-state index contributed by atoms with van der Waals surface area (Å²) in [6.45, 7) is 4.73. The normalized spacial score (nSPS) is 21.5. The topological polar surface area (TPSA) is 3.24 Å². The van der Waals surface area contributed by atoms with E-state index in [1.54, 1.807) is 0 Å².